The summed E-state index contributed by atoms with van der Waals surface area (Å²) < 4.78 is 0. The van der Waals surface area contributed by atoms with Gasteiger partial charge in [0.2, 0.25) is 11.8 Å². The van der Waals surface area contributed by atoms with Gasteiger partial charge in [-0.25, -0.2) is 0 Å². The molecule has 2 fully saturated rings. The van der Waals surface area contributed by atoms with E-state index in [0.29, 0.717) is 30.9 Å². The van der Waals surface area contributed by atoms with Crippen LogP contribution in [-0.2, 0) is 9.59 Å². The minimum Gasteiger partial charge on any atom is -0.344 e. The van der Waals surface area contributed by atoms with Crippen molar-refractivity contribution >= 4 is 23.4 Å². The van der Waals surface area contributed by atoms with Crippen LogP contribution in [0.4, 0.5) is 5.69 Å². The summed E-state index contributed by atoms with van der Waals surface area (Å²) in [4.78, 5) is 45.5. The number of rotatable bonds is 6. The molecule has 2 atom stereocenters. The van der Waals surface area contributed by atoms with Crippen LogP contribution in [0.3, 0.4) is 0 Å². The lowest BCUT2D eigenvalue weighted by atomic mass is 9.86. The number of fused-ring (bicyclic) bond motifs is 2. The molecule has 30 heavy (non-hydrogen) atoms. The number of hydrogen-bond acceptors (Lipinski definition) is 4. The van der Waals surface area contributed by atoms with E-state index in [4.69, 9.17) is 0 Å². The van der Waals surface area contributed by atoms with Crippen molar-refractivity contribution in [1.29, 1.82) is 0 Å². The standard InChI is InChI=1S/C23H32N4O3/c1-4-25(5-2)12-13-27-19-9-7-6-8-17(19)20(28)24-23(3)15-26(14-18(23)22(27)30)21(29)16-10-11-16/h6-9,16,18H,4-5,10-15H2,1-3H3,(H,24,28)/t18-,23-/m0/s1. The Morgan fingerprint density at radius 1 is 1.20 bits per heavy atom. The molecule has 0 unspecified atom stereocenters. The Morgan fingerprint density at radius 2 is 1.90 bits per heavy atom. The Bertz CT molecular complexity index is 849. The fourth-order valence-corrected chi connectivity index (χ4v) is 4.77. The summed E-state index contributed by atoms with van der Waals surface area (Å²) in [6.45, 7) is 9.95. The predicted octanol–water partition coefficient (Wildman–Crippen LogP) is 1.73. The van der Waals surface area contributed by atoms with Crippen molar-refractivity contribution < 1.29 is 14.4 Å². The van der Waals surface area contributed by atoms with Crippen LogP contribution in [0.5, 0.6) is 0 Å². The van der Waals surface area contributed by atoms with Crippen molar-refractivity contribution in [1.82, 2.24) is 15.1 Å². The molecule has 3 amide bonds. The second-order valence-electron chi connectivity index (χ2n) is 8.95. The Labute approximate surface area is 178 Å². The molecule has 7 heteroatoms. The summed E-state index contributed by atoms with van der Waals surface area (Å²) in [5, 5.41) is 3.11. The predicted molar refractivity (Wildman–Crippen MR) is 115 cm³/mol. The summed E-state index contributed by atoms with van der Waals surface area (Å²) in [5.74, 6) is -0.423. The molecule has 1 saturated heterocycles. The third-order valence-corrected chi connectivity index (χ3v) is 6.87. The molecule has 162 valence electrons. The summed E-state index contributed by atoms with van der Waals surface area (Å²) in [6.07, 6.45) is 1.86. The normalized spacial score (nSPS) is 26.2. The zero-order chi connectivity index (χ0) is 21.5. The van der Waals surface area contributed by atoms with E-state index in [-0.39, 0.29) is 23.6 Å². The maximum atomic E-state index is 13.8. The number of carbonyl (C=O) groups is 3. The lowest BCUT2D eigenvalue weighted by Gasteiger charge is -2.38. The first kappa shape index (κ1) is 20.8. The first-order valence-corrected chi connectivity index (χ1v) is 11.1. The number of nitrogens with one attached hydrogen (secondary N) is 1. The molecule has 1 aromatic rings. The Hall–Kier alpha value is -2.41. The van der Waals surface area contributed by atoms with Crippen molar-refractivity contribution in [2.45, 2.75) is 39.2 Å². The monoisotopic (exact) mass is 412 g/mol. The second-order valence-corrected chi connectivity index (χ2v) is 8.95. The van der Waals surface area contributed by atoms with Crippen LogP contribution in [0.15, 0.2) is 24.3 Å². The third-order valence-electron chi connectivity index (χ3n) is 6.87. The highest BCUT2D eigenvalue weighted by Gasteiger charge is 2.53. The number of hydrogen-bond donors (Lipinski definition) is 1. The van der Waals surface area contributed by atoms with E-state index in [1.165, 1.54) is 0 Å². The zero-order valence-electron chi connectivity index (χ0n) is 18.2. The molecule has 2 aliphatic heterocycles. The van der Waals surface area contributed by atoms with Gasteiger partial charge in [-0.15, -0.1) is 0 Å². The van der Waals surface area contributed by atoms with Crippen LogP contribution >= 0.6 is 0 Å². The van der Waals surface area contributed by atoms with Crippen molar-refractivity contribution in [2.24, 2.45) is 11.8 Å². The van der Waals surface area contributed by atoms with Gasteiger partial charge in [-0.1, -0.05) is 26.0 Å². The molecule has 3 aliphatic rings. The van der Waals surface area contributed by atoms with Crippen LogP contribution in [-0.4, -0.2) is 72.3 Å². The van der Waals surface area contributed by atoms with Gasteiger partial charge in [-0.3, -0.25) is 14.4 Å². The summed E-state index contributed by atoms with van der Waals surface area (Å²) >= 11 is 0. The minimum atomic E-state index is -0.764. The zero-order valence-corrected chi connectivity index (χ0v) is 18.2. The molecule has 1 aromatic carbocycles. The van der Waals surface area contributed by atoms with Crippen LogP contribution in [0, 0.1) is 11.8 Å². The Balaban J connectivity index is 1.68. The molecule has 0 aromatic heterocycles. The van der Waals surface area contributed by atoms with Gasteiger partial charge in [-0.2, -0.15) is 0 Å². The minimum absolute atomic E-state index is 0.0109. The highest BCUT2D eigenvalue weighted by molar-refractivity contribution is 6.08. The largest absolute Gasteiger partial charge is 0.344 e. The highest BCUT2D eigenvalue weighted by Crippen LogP contribution is 2.38. The molecule has 1 N–H and O–H groups in total. The summed E-state index contributed by atoms with van der Waals surface area (Å²) in [7, 11) is 0. The highest BCUT2D eigenvalue weighted by atomic mass is 16.2. The summed E-state index contributed by atoms with van der Waals surface area (Å²) in [6, 6.07) is 7.31. The molecule has 1 aliphatic carbocycles. The number of benzene rings is 1. The van der Waals surface area contributed by atoms with Gasteiger partial charge in [0.1, 0.15) is 0 Å². The average Bonchev–Trinajstić information content (AvgIpc) is 3.53. The molecule has 7 nitrogen and oxygen atoms in total. The van der Waals surface area contributed by atoms with Crippen LogP contribution in [0.25, 0.3) is 0 Å². The third kappa shape index (κ3) is 3.71. The average molecular weight is 413 g/mol. The van der Waals surface area contributed by atoms with Gasteiger partial charge in [-0.05, 0) is 45.0 Å². The maximum absolute atomic E-state index is 13.8. The number of para-hydroxylation sites is 1. The van der Waals surface area contributed by atoms with Gasteiger partial charge < -0.3 is 20.0 Å². The Morgan fingerprint density at radius 3 is 2.57 bits per heavy atom. The molecule has 0 spiro atoms. The SMILES string of the molecule is CCN(CC)CCN1C(=O)[C@@H]2CN(C(=O)C3CC3)C[C@]2(C)NC(=O)c2ccccc21. The summed E-state index contributed by atoms with van der Waals surface area (Å²) in [5.41, 5.74) is 0.401. The Kier molecular flexibility index (Phi) is 5.57. The molecule has 0 bridgehead atoms. The first-order chi connectivity index (χ1) is 14.4. The van der Waals surface area contributed by atoms with Crippen LogP contribution in [0.1, 0.15) is 44.0 Å². The topological polar surface area (TPSA) is 73.0 Å². The smallest absolute Gasteiger partial charge is 0.253 e. The quantitative estimate of drug-likeness (QED) is 0.772. The fourth-order valence-electron chi connectivity index (χ4n) is 4.77. The van der Waals surface area contributed by atoms with E-state index < -0.39 is 11.5 Å². The van der Waals surface area contributed by atoms with Gasteiger partial charge in [0.15, 0.2) is 0 Å². The van der Waals surface area contributed by atoms with Crippen molar-refractivity contribution in [3.8, 4) is 0 Å². The van der Waals surface area contributed by atoms with Crippen molar-refractivity contribution in [3.05, 3.63) is 29.8 Å². The number of likely N-dealkylation sites (tertiary alicyclic amines) is 1. The van der Waals surface area contributed by atoms with E-state index >= 15 is 0 Å². The number of likely N-dealkylation sites (N-methyl/N-ethyl adjacent to an activating group) is 1. The van der Waals surface area contributed by atoms with Gasteiger partial charge in [0, 0.05) is 32.1 Å². The first-order valence-electron chi connectivity index (χ1n) is 11.1. The molecule has 1 saturated carbocycles. The fraction of sp³-hybridized carbons (Fsp3) is 0.609. The van der Waals surface area contributed by atoms with E-state index in [1.807, 2.05) is 25.1 Å². The molecular weight excluding hydrogens is 380 g/mol. The maximum Gasteiger partial charge on any atom is 0.253 e. The molecule has 0 radical (unpaired) electrons. The molecule has 4 rings (SSSR count). The number of carbonyl (C=O) groups excluding carboxylic acids is 3. The lowest BCUT2D eigenvalue weighted by molar-refractivity contribution is -0.131. The van der Waals surface area contributed by atoms with Gasteiger partial charge >= 0.3 is 0 Å². The van der Waals surface area contributed by atoms with Gasteiger partial charge in [0.25, 0.3) is 5.91 Å². The van der Waals surface area contributed by atoms with E-state index in [9.17, 15) is 14.4 Å². The second kappa shape index (κ2) is 8.02. The number of anilines is 1. The van der Waals surface area contributed by atoms with Crippen LogP contribution in [0.2, 0.25) is 0 Å². The number of nitrogens with zero attached hydrogens (tertiary/aromatic N) is 3. The van der Waals surface area contributed by atoms with E-state index in [1.54, 1.807) is 15.9 Å². The molecule has 2 heterocycles. The van der Waals surface area contributed by atoms with Crippen LogP contribution < -0.4 is 10.2 Å². The number of amides is 3. The molecular formula is C23H32N4O3. The van der Waals surface area contributed by atoms with E-state index in [0.717, 1.165) is 32.5 Å². The van der Waals surface area contributed by atoms with Crippen molar-refractivity contribution in [3.63, 3.8) is 0 Å². The lowest BCUT2D eigenvalue weighted by Crippen LogP contribution is -2.59. The van der Waals surface area contributed by atoms with E-state index in [2.05, 4.69) is 24.1 Å². The van der Waals surface area contributed by atoms with Crippen molar-refractivity contribution in [2.75, 3.05) is 44.2 Å². The van der Waals surface area contributed by atoms with Gasteiger partial charge in [0.05, 0.1) is 22.7 Å².